The molecule has 0 spiro atoms. The first-order chi connectivity index (χ1) is 43.7. The SMILES string of the molecule is CCN1CCC(Oc2nc3c(F)cc(-c4cc(C)c5nc(C)cn5n4)cc3s2)CC1.Cc1cn2cc(-c3cc4sc(N(C)C5C[C@]6(C)CC[C@](C)(C5)N6)nc4cn3)nc2c(C)n1.Cc1cn2nc(-c3cc(F)c4nc(OC5CCN(C)CC5)sc4c3)cc(C)c2n1. The predicted octanol–water partition coefficient (Wildman–Crippen LogP) is 13.4. The van der Waals surface area contributed by atoms with Gasteiger partial charge in [-0.05, 0) is 174 Å². The smallest absolute Gasteiger partial charge is 0.274 e. The fourth-order valence-electron chi connectivity index (χ4n) is 13.6. The van der Waals surface area contributed by atoms with Crippen LogP contribution in [0.2, 0.25) is 0 Å². The van der Waals surface area contributed by atoms with E-state index in [1.54, 1.807) is 20.4 Å². The van der Waals surface area contributed by atoms with Gasteiger partial charge in [-0.25, -0.2) is 37.7 Å². The first-order valence-corrected chi connectivity index (χ1v) is 33.9. The average molecular weight is 1280 g/mol. The molecule has 0 aliphatic carbocycles. The third-order valence-corrected chi connectivity index (χ3v) is 21.3. The lowest BCUT2D eigenvalue weighted by molar-refractivity contribution is 0.104. The van der Waals surface area contributed by atoms with Crippen molar-refractivity contribution in [3.05, 3.63) is 119 Å². The number of aromatic nitrogens is 13. The van der Waals surface area contributed by atoms with Gasteiger partial charge < -0.3 is 33.9 Å². The summed E-state index contributed by atoms with van der Waals surface area (Å²) in [5, 5.41) is 15.3. The van der Waals surface area contributed by atoms with Gasteiger partial charge in [0.1, 0.15) is 34.5 Å². The van der Waals surface area contributed by atoms with Gasteiger partial charge in [0.05, 0.1) is 72.5 Å². The van der Waals surface area contributed by atoms with Gasteiger partial charge in [0, 0.05) is 73.9 Å². The number of nitrogens with zero attached hydrogens (tertiary/aromatic N) is 16. The average Bonchev–Trinajstić information content (AvgIpc) is 1.66. The molecule has 24 heteroatoms. The Morgan fingerprint density at radius 2 is 1.13 bits per heavy atom. The van der Waals surface area contributed by atoms with Gasteiger partial charge >= 0.3 is 0 Å². The molecule has 91 heavy (non-hydrogen) atoms. The molecule has 4 aliphatic heterocycles. The number of fused-ring (bicyclic) bond motifs is 8. The molecule has 4 saturated heterocycles. The lowest BCUT2D eigenvalue weighted by atomic mass is 9.84. The first kappa shape index (κ1) is 60.8. The Hall–Kier alpha value is -7.74. The molecule has 10 aromatic heterocycles. The molecule has 2 bridgehead atoms. The summed E-state index contributed by atoms with van der Waals surface area (Å²) >= 11 is 4.54. The largest absolute Gasteiger partial charge is 0.467 e. The second-order valence-corrected chi connectivity index (χ2v) is 28.9. The van der Waals surface area contributed by atoms with E-state index in [4.69, 9.17) is 19.4 Å². The van der Waals surface area contributed by atoms with E-state index in [-0.39, 0.29) is 34.9 Å². The second-order valence-electron chi connectivity index (χ2n) is 25.9. The third-order valence-electron chi connectivity index (χ3n) is 18.4. The molecular formula is C67H75F2N17O2S3. The van der Waals surface area contributed by atoms with Crippen LogP contribution in [0.4, 0.5) is 13.9 Å². The summed E-state index contributed by atoms with van der Waals surface area (Å²) in [7, 11) is 4.32. The van der Waals surface area contributed by atoms with Gasteiger partial charge in [-0.1, -0.05) is 40.9 Å². The monoisotopic (exact) mass is 1280 g/mol. The van der Waals surface area contributed by atoms with E-state index >= 15 is 0 Å². The van der Waals surface area contributed by atoms with E-state index in [0.717, 1.165) is 169 Å². The second kappa shape index (κ2) is 24.1. The molecule has 472 valence electrons. The molecule has 16 rings (SSSR count). The molecule has 0 saturated carbocycles. The number of anilines is 1. The van der Waals surface area contributed by atoms with E-state index in [9.17, 15) is 8.78 Å². The van der Waals surface area contributed by atoms with Crippen LogP contribution in [0, 0.1) is 53.2 Å². The Morgan fingerprint density at radius 1 is 0.593 bits per heavy atom. The van der Waals surface area contributed by atoms with Gasteiger partial charge in [0.25, 0.3) is 10.4 Å². The van der Waals surface area contributed by atoms with E-state index in [1.807, 2.05) is 101 Å². The molecule has 3 atom stereocenters. The number of imidazole rings is 3. The Morgan fingerprint density at radius 3 is 1.68 bits per heavy atom. The highest BCUT2D eigenvalue weighted by molar-refractivity contribution is 7.22. The van der Waals surface area contributed by atoms with Crippen LogP contribution in [0.15, 0.2) is 73.4 Å². The van der Waals surface area contributed by atoms with Crippen molar-refractivity contribution in [2.45, 2.75) is 143 Å². The first-order valence-electron chi connectivity index (χ1n) is 31.4. The predicted molar refractivity (Wildman–Crippen MR) is 358 cm³/mol. The van der Waals surface area contributed by atoms with Gasteiger partial charge in [0.2, 0.25) is 0 Å². The number of ether oxygens (including phenoxy) is 2. The number of nitrogens with one attached hydrogen (secondary N) is 1. The summed E-state index contributed by atoms with van der Waals surface area (Å²) in [6, 6.07) is 13.4. The zero-order valence-corrected chi connectivity index (χ0v) is 55.8. The van der Waals surface area contributed by atoms with Crippen molar-refractivity contribution in [2.75, 3.05) is 51.7 Å². The molecule has 1 unspecified atom stereocenters. The van der Waals surface area contributed by atoms with Crippen LogP contribution >= 0.6 is 34.0 Å². The minimum absolute atomic E-state index is 0.144. The molecular weight excluding hydrogens is 1210 g/mol. The van der Waals surface area contributed by atoms with Crippen LogP contribution in [0.25, 0.3) is 81.5 Å². The number of thiazole rings is 3. The zero-order chi connectivity index (χ0) is 63.2. The number of aryl methyl sites for hydroxylation is 6. The number of hydrogen-bond acceptors (Lipinski definition) is 19. The lowest BCUT2D eigenvalue weighted by Gasteiger charge is -2.45. The van der Waals surface area contributed by atoms with Crippen molar-refractivity contribution in [1.82, 2.24) is 78.6 Å². The van der Waals surface area contributed by atoms with Crippen LogP contribution < -0.4 is 19.7 Å². The number of halogens is 2. The summed E-state index contributed by atoms with van der Waals surface area (Å²) in [4.78, 5) is 43.8. The quantitative estimate of drug-likeness (QED) is 0.136. The molecule has 19 nitrogen and oxygen atoms in total. The summed E-state index contributed by atoms with van der Waals surface area (Å²) in [5.41, 5.74) is 15.0. The number of piperidine rings is 3. The molecule has 0 amide bonds. The van der Waals surface area contributed by atoms with Gasteiger partial charge in [-0.15, -0.1) is 0 Å². The van der Waals surface area contributed by atoms with Crippen LogP contribution in [0.5, 0.6) is 10.4 Å². The number of benzene rings is 2. The maximum Gasteiger partial charge on any atom is 0.274 e. The van der Waals surface area contributed by atoms with Crippen molar-refractivity contribution >= 4 is 86.7 Å². The summed E-state index contributed by atoms with van der Waals surface area (Å²) in [6.45, 7) is 23.9. The van der Waals surface area contributed by atoms with Gasteiger partial charge in [0.15, 0.2) is 33.7 Å². The number of pyridine rings is 1. The Balaban J connectivity index is 0.000000119. The molecule has 1 N–H and O–H groups in total. The normalized spacial score (nSPS) is 20.1. The van der Waals surface area contributed by atoms with Gasteiger partial charge in [-0.3, -0.25) is 9.97 Å². The van der Waals surface area contributed by atoms with Crippen molar-refractivity contribution in [1.29, 1.82) is 0 Å². The highest BCUT2D eigenvalue weighted by Crippen LogP contribution is 2.45. The van der Waals surface area contributed by atoms with E-state index in [2.05, 4.69) is 101 Å². The van der Waals surface area contributed by atoms with Crippen molar-refractivity contribution in [2.24, 2.45) is 0 Å². The van der Waals surface area contributed by atoms with Crippen LogP contribution in [0.3, 0.4) is 0 Å². The van der Waals surface area contributed by atoms with E-state index in [1.165, 1.54) is 47.6 Å². The maximum absolute atomic E-state index is 14.9. The fourth-order valence-corrected chi connectivity index (χ4v) is 16.5. The summed E-state index contributed by atoms with van der Waals surface area (Å²) in [6.07, 6.45) is 18.7. The van der Waals surface area contributed by atoms with Crippen LogP contribution in [0.1, 0.15) is 106 Å². The number of rotatable bonds is 10. The molecule has 4 fully saturated rings. The summed E-state index contributed by atoms with van der Waals surface area (Å²) < 4.78 is 50.1. The van der Waals surface area contributed by atoms with E-state index in [0.29, 0.717) is 38.9 Å². The Bertz CT molecular complexity index is 4710. The fraction of sp³-hybridized carbons (Fsp3) is 0.433. The maximum atomic E-state index is 14.9. The number of likely N-dealkylation sites (tertiary alicyclic amines) is 2. The number of hydrogen-bond donors (Lipinski definition) is 1. The molecule has 2 aromatic carbocycles. The standard InChI is InChI=1S/C24H29N7S.C22H24FN5OS.C21H22FN5OS/c1-14-12-31-13-19(27-21(31)15(2)26-14)17-8-20-18(11-25-17)28-22(32-20)30(5)16-9-23(3)6-7-24(4,10-16)29-23;1-4-27-7-5-16(6-8-27)29-22-25-20-17(23)10-15(11-19(20)30-22)18-9-13(2)21-24-14(3)12-28(21)26-18;1-12-8-17(25-27-11-13(2)23-20(12)27)14-9-16(22)19-18(10-14)29-21(24-19)28-15-4-6-26(3)7-5-15/h8,11-13,16,29H,6-7,9-10H2,1-5H3;9-12,16H,4-8H2,1-3H3;8-11,15H,4-7H2,1-3H3/t16?,23-,24+;;. The highest BCUT2D eigenvalue weighted by atomic mass is 32.1. The van der Waals surface area contributed by atoms with Crippen LogP contribution in [-0.4, -0.2) is 149 Å². The zero-order valence-electron chi connectivity index (χ0n) is 53.3. The minimum Gasteiger partial charge on any atom is -0.467 e. The highest BCUT2D eigenvalue weighted by Gasteiger charge is 2.49. The van der Waals surface area contributed by atoms with Crippen molar-refractivity contribution in [3.8, 4) is 44.3 Å². The molecule has 4 aliphatic rings. The van der Waals surface area contributed by atoms with Gasteiger partial charge in [-0.2, -0.15) is 20.2 Å². The molecule has 14 heterocycles. The third kappa shape index (κ3) is 12.5. The van der Waals surface area contributed by atoms with Crippen molar-refractivity contribution < 1.29 is 18.3 Å². The lowest BCUT2D eigenvalue weighted by Crippen LogP contribution is -2.58. The Kier molecular flexibility index (Phi) is 16.1. The molecule has 12 aromatic rings. The topological polar surface area (TPSA) is 182 Å². The van der Waals surface area contributed by atoms with Crippen LogP contribution in [-0.2, 0) is 0 Å². The summed E-state index contributed by atoms with van der Waals surface area (Å²) in [5.74, 6) is -0.705. The minimum atomic E-state index is -0.353. The van der Waals surface area contributed by atoms with E-state index < -0.39 is 0 Å². The molecule has 0 radical (unpaired) electrons. The Labute approximate surface area is 538 Å². The van der Waals surface area contributed by atoms with Crippen molar-refractivity contribution in [3.63, 3.8) is 0 Å².